The van der Waals surface area contributed by atoms with E-state index < -0.39 is 17.9 Å². The maximum absolute atomic E-state index is 12.1. The number of carbonyl (C=O) groups is 2. The van der Waals surface area contributed by atoms with Gasteiger partial charge in [0.2, 0.25) is 0 Å². The molecule has 0 fully saturated rings. The second kappa shape index (κ2) is 8.40. The van der Waals surface area contributed by atoms with Gasteiger partial charge in [-0.1, -0.05) is 37.3 Å². The third-order valence-corrected chi connectivity index (χ3v) is 4.43. The molecule has 0 aliphatic rings. The summed E-state index contributed by atoms with van der Waals surface area (Å²) in [6, 6.07) is 14.1. The Labute approximate surface area is 157 Å². The molecule has 1 heterocycles. The average Bonchev–Trinajstić information content (AvgIpc) is 3.09. The standard InChI is InChI=1S/C21H22N2O4/c1-2-14-7-9-16(10-8-14)27-13-20(24)23-19(21(25)26)11-15-12-22-18-6-4-3-5-17(15)18/h3-10,12,19,22H,2,11,13H2,1H3,(H,23,24)(H,25,26)/t19-/m1/s1. The molecule has 0 aliphatic carbocycles. The van der Waals surface area contributed by atoms with Crippen LogP contribution in [0.15, 0.2) is 54.7 Å². The number of aromatic amines is 1. The number of H-pyrrole nitrogens is 1. The first kappa shape index (κ1) is 18.5. The first-order valence-electron chi connectivity index (χ1n) is 8.85. The van der Waals surface area contributed by atoms with Gasteiger partial charge in [0.15, 0.2) is 6.61 Å². The zero-order chi connectivity index (χ0) is 19.2. The van der Waals surface area contributed by atoms with E-state index in [0.717, 1.165) is 22.9 Å². The topological polar surface area (TPSA) is 91.4 Å². The Balaban J connectivity index is 1.60. The van der Waals surface area contributed by atoms with Crippen molar-refractivity contribution in [3.63, 3.8) is 0 Å². The lowest BCUT2D eigenvalue weighted by Gasteiger charge is -2.15. The second-order valence-corrected chi connectivity index (χ2v) is 6.31. The monoisotopic (exact) mass is 366 g/mol. The van der Waals surface area contributed by atoms with Gasteiger partial charge in [-0.25, -0.2) is 4.79 Å². The number of carboxylic acid groups (broad SMARTS) is 1. The molecular formula is C21H22N2O4. The van der Waals surface area contributed by atoms with E-state index in [1.165, 1.54) is 5.56 Å². The fourth-order valence-corrected chi connectivity index (χ4v) is 2.93. The van der Waals surface area contributed by atoms with Crippen LogP contribution in [0.25, 0.3) is 10.9 Å². The highest BCUT2D eigenvalue weighted by Crippen LogP contribution is 2.19. The summed E-state index contributed by atoms with van der Waals surface area (Å²) in [6.07, 6.45) is 2.89. The van der Waals surface area contributed by atoms with E-state index in [4.69, 9.17) is 4.74 Å². The van der Waals surface area contributed by atoms with Crippen molar-refractivity contribution >= 4 is 22.8 Å². The molecule has 1 amide bonds. The summed E-state index contributed by atoms with van der Waals surface area (Å²) in [4.78, 5) is 26.8. The van der Waals surface area contributed by atoms with E-state index in [1.54, 1.807) is 18.3 Å². The number of carboxylic acids is 1. The highest BCUT2D eigenvalue weighted by molar-refractivity contribution is 5.87. The fraction of sp³-hybridized carbons (Fsp3) is 0.238. The molecule has 0 aliphatic heterocycles. The van der Waals surface area contributed by atoms with Gasteiger partial charge < -0.3 is 20.1 Å². The van der Waals surface area contributed by atoms with Crippen molar-refractivity contribution < 1.29 is 19.4 Å². The van der Waals surface area contributed by atoms with Gasteiger partial charge in [0.05, 0.1) is 0 Å². The number of fused-ring (bicyclic) bond motifs is 1. The summed E-state index contributed by atoms with van der Waals surface area (Å²) in [5, 5.41) is 13.0. The highest BCUT2D eigenvalue weighted by atomic mass is 16.5. The molecule has 3 rings (SSSR count). The number of amides is 1. The van der Waals surface area contributed by atoms with E-state index in [-0.39, 0.29) is 13.0 Å². The molecule has 1 aromatic heterocycles. The van der Waals surface area contributed by atoms with Gasteiger partial charge in [-0.05, 0) is 35.7 Å². The van der Waals surface area contributed by atoms with E-state index in [9.17, 15) is 14.7 Å². The summed E-state index contributed by atoms with van der Waals surface area (Å²) in [5.41, 5.74) is 2.95. The molecule has 0 radical (unpaired) electrons. The molecule has 3 N–H and O–H groups in total. The lowest BCUT2D eigenvalue weighted by molar-refractivity contribution is -0.142. The molecule has 0 saturated heterocycles. The maximum Gasteiger partial charge on any atom is 0.326 e. The van der Waals surface area contributed by atoms with Gasteiger partial charge in [0.25, 0.3) is 5.91 Å². The number of hydrogen-bond acceptors (Lipinski definition) is 3. The first-order chi connectivity index (χ1) is 13.1. The Kier molecular flexibility index (Phi) is 5.76. The van der Waals surface area contributed by atoms with Crippen LogP contribution in [0.3, 0.4) is 0 Å². The molecule has 3 aromatic rings. The summed E-state index contributed by atoms with van der Waals surface area (Å²) < 4.78 is 5.44. The summed E-state index contributed by atoms with van der Waals surface area (Å²) in [7, 11) is 0. The van der Waals surface area contributed by atoms with Crippen LogP contribution >= 0.6 is 0 Å². The van der Waals surface area contributed by atoms with Crippen LogP contribution in [-0.4, -0.2) is 34.6 Å². The molecule has 6 nitrogen and oxygen atoms in total. The van der Waals surface area contributed by atoms with Crippen molar-refractivity contribution in [3.8, 4) is 5.75 Å². The third kappa shape index (κ3) is 4.67. The number of hydrogen-bond donors (Lipinski definition) is 3. The van der Waals surface area contributed by atoms with Crippen molar-refractivity contribution in [3.05, 3.63) is 65.9 Å². The highest BCUT2D eigenvalue weighted by Gasteiger charge is 2.22. The molecule has 140 valence electrons. The van der Waals surface area contributed by atoms with Gasteiger partial charge in [-0.15, -0.1) is 0 Å². The summed E-state index contributed by atoms with van der Waals surface area (Å²) in [5.74, 6) is -0.978. The number of para-hydroxylation sites is 1. The number of rotatable bonds is 8. The molecule has 27 heavy (non-hydrogen) atoms. The third-order valence-electron chi connectivity index (χ3n) is 4.43. The molecule has 2 aromatic carbocycles. The van der Waals surface area contributed by atoms with Crippen LogP contribution < -0.4 is 10.1 Å². The Morgan fingerprint density at radius 2 is 1.89 bits per heavy atom. The molecule has 0 spiro atoms. The Bertz CT molecular complexity index is 931. The number of aliphatic carboxylic acids is 1. The molecule has 0 unspecified atom stereocenters. The summed E-state index contributed by atoms with van der Waals surface area (Å²) >= 11 is 0. The number of carbonyl (C=O) groups excluding carboxylic acids is 1. The number of aromatic nitrogens is 1. The van der Waals surface area contributed by atoms with Crippen LogP contribution in [0, 0.1) is 0 Å². The second-order valence-electron chi connectivity index (χ2n) is 6.31. The Morgan fingerprint density at radius 3 is 2.59 bits per heavy atom. The van der Waals surface area contributed by atoms with Crippen molar-refractivity contribution in [2.45, 2.75) is 25.8 Å². The zero-order valence-electron chi connectivity index (χ0n) is 15.1. The van der Waals surface area contributed by atoms with E-state index in [0.29, 0.717) is 5.75 Å². The minimum absolute atomic E-state index is 0.191. The van der Waals surface area contributed by atoms with Crippen molar-refractivity contribution in [1.29, 1.82) is 0 Å². The van der Waals surface area contributed by atoms with Gasteiger partial charge in [-0.2, -0.15) is 0 Å². The van der Waals surface area contributed by atoms with Crippen LogP contribution in [-0.2, 0) is 22.4 Å². The van der Waals surface area contributed by atoms with Crippen LogP contribution in [0.1, 0.15) is 18.1 Å². The van der Waals surface area contributed by atoms with Crippen LogP contribution in [0.5, 0.6) is 5.75 Å². The lowest BCUT2D eigenvalue weighted by atomic mass is 10.1. The number of aryl methyl sites for hydroxylation is 1. The first-order valence-corrected chi connectivity index (χ1v) is 8.85. The normalized spacial score (nSPS) is 11.9. The quantitative estimate of drug-likeness (QED) is 0.572. The predicted molar refractivity (Wildman–Crippen MR) is 103 cm³/mol. The van der Waals surface area contributed by atoms with E-state index >= 15 is 0 Å². The average molecular weight is 366 g/mol. The minimum Gasteiger partial charge on any atom is -0.484 e. The number of benzene rings is 2. The van der Waals surface area contributed by atoms with E-state index in [1.807, 2.05) is 36.4 Å². The molecular weight excluding hydrogens is 344 g/mol. The molecule has 6 heteroatoms. The van der Waals surface area contributed by atoms with Gasteiger partial charge in [-0.3, -0.25) is 4.79 Å². The number of ether oxygens (including phenoxy) is 1. The van der Waals surface area contributed by atoms with Gasteiger partial charge in [0.1, 0.15) is 11.8 Å². The SMILES string of the molecule is CCc1ccc(OCC(=O)N[C@H](Cc2c[nH]c3ccccc23)C(=O)O)cc1. The fourth-order valence-electron chi connectivity index (χ4n) is 2.93. The van der Waals surface area contributed by atoms with Crippen LogP contribution in [0.2, 0.25) is 0 Å². The predicted octanol–water partition coefficient (Wildman–Crippen LogP) is 2.92. The van der Waals surface area contributed by atoms with Gasteiger partial charge >= 0.3 is 5.97 Å². The zero-order valence-corrected chi connectivity index (χ0v) is 15.1. The molecule has 0 bridgehead atoms. The maximum atomic E-state index is 12.1. The van der Waals surface area contributed by atoms with Crippen LogP contribution in [0.4, 0.5) is 0 Å². The minimum atomic E-state index is -1.08. The Hall–Kier alpha value is -3.28. The van der Waals surface area contributed by atoms with Crippen molar-refractivity contribution in [1.82, 2.24) is 10.3 Å². The number of nitrogens with one attached hydrogen (secondary N) is 2. The summed E-state index contributed by atoms with van der Waals surface area (Å²) in [6.45, 7) is 1.83. The largest absolute Gasteiger partial charge is 0.484 e. The van der Waals surface area contributed by atoms with Gasteiger partial charge in [0, 0.05) is 23.5 Å². The molecule has 0 saturated carbocycles. The molecule has 1 atom stereocenters. The smallest absolute Gasteiger partial charge is 0.326 e. The lowest BCUT2D eigenvalue weighted by Crippen LogP contribution is -2.44. The van der Waals surface area contributed by atoms with Crippen molar-refractivity contribution in [2.24, 2.45) is 0 Å². The Morgan fingerprint density at radius 1 is 1.15 bits per heavy atom. The van der Waals surface area contributed by atoms with E-state index in [2.05, 4.69) is 17.2 Å². The van der Waals surface area contributed by atoms with Crippen molar-refractivity contribution in [2.75, 3.05) is 6.61 Å².